The van der Waals surface area contributed by atoms with Gasteiger partial charge in [0.15, 0.2) is 0 Å². The van der Waals surface area contributed by atoms with E-state index in [-0.39, 0.29) is 30.2 Å². The molecule has 104 valence electrons. The maximum atomic E-state index is 11.8. The number of nitrogens with two attached hydrogens (primary N) is 1. The molecule has 0 saturated carbocycles. The Labute approximate surface area is 114 Å². The van der Waals surface area contributed by atoms with Crippen molar-refractivity contribution in [1.82, 2.24) is 5.32 Å². The SMILES string of the molecule is CC(=O)C[C@H](NC(=O)C[C@H](C)N)c1ccc(C)cc1. The highest BCUT2D eigenvalue weighted by atomic mass is 16.2. The van der Waals surface area contributed by atoms with Gasteiger partial charge in [0, 0.05) is 18.9 Å². The average Bonchev–Trinajstić information content (AvgIpc) is 2.27. The van der Waals surface area contributed by atoms with Crippen LogP contribution >= 0.6 is 0 Å². The van der Waals surface area contributed by atoms with E-state index in [1.807, 2.05) is 31.2 Å². The van der Waals surface area contributed by atoms with Crippen molar-refractivity contribution in [2.24, 2.45) is 5.73 Å². The minimum absolute atomic E-state index is 0.0478. The van der Waals surface area contributed by atoms with Crippen LogP contribution in [0.2, 0.25) is 0 Å². The van der Waals surface area contributed by atoms with Gasteiger partial charge < -0.3 is 11.1 Å². The van der Waals surface area contributed by atoms with Crippen LogP contribution < -0.4 is 11.1 Å². The third-order valence-electron chi connectivity index (χ3n) is 2.81. The van der Waals surface area contributed by atoms with Gasteiger partial charge in [-0.1, -0.05) is 29.8 Å². The molecule has 1 aromatic carbocycles. The van der Waals surface area contributed by atoms with Crippen LogP contribution in [0.15, 0.2) is 24.3 Å². The molecule has 0 bridgehead atoms. The molecular formula is C15H22N2O2. The standard InChI is InChI=1S/C15H22N2O2/c1-10-4-6-13(7-5-10)14(9-12(3)18)17-15(19)8-11(2)16/h4-7,11,14H,8-9,16H2,1-3H3,(H,17,19)/t11-,14-/m0/s1. The predicted octanol–water partition coefficient (Wildman–Crippen LogP) is 1.87. The predicted molar refractivity (Wildman–Crippen MR) is 75.6 cm³/mol. The van der Waals surface area contributed by atoms with Crippen LogP contribution in [0.1, 0.15) is 43.9 Å². The molecule has 1 rings (SSSR count). The first-order valence-corrected chi connectivity index (χ1v) is 6.49. The van der Waals surface area contributed by atoms with Gasteiger partial charge in [-0.3, -0.25) is 9.59 Å². The number of hydrogen-bond acceptors (Lipinski definition) is 3. The second-order valence-corrected chi connectivity index (χ2v) is 5.12. The number of hydrogen-bond donors (Lipinski definition) is 2. The molecule has 0 heterocycles. The Bertz CT molecular complexity index is 438. The van der Waals surface area contributed by atoms with E-state index < -0.39 is 0 Å². The van der Waals surface area contributed by atoms with Crippen molar-refractivity contribution in [1.29, 1.82) is 0 Å². The van der Waals surface area contributed by atoms with E-state index >= 15 is 0 Å². The average molecular weight is 262 g/mol. The molecule has 1 amide bonds. The van der Waals surface area contributed by atoms with E-state index in [9.17, 15) is 9.59 Å². The summed E-state index contributed by atoms with van der Waals surface area (Å²) >= 11 is 0. The highest BCUT2D eigenvalue weighted by Crippen LogP contribution is 2.18. The molecule has 0 unspecified atom stereocenters. The molecule has 3 N–H and O–H groups in total. The van der Waals surface area contributed by atoms with Crippen LogP contribution in [-0.4, -0.2) is 17.7 Å². The van der Waals surface area contributed by atoms with Crippen LogP contribution in [0.25, 0.3) is 0 Å². The number of nitrogens with one attached hydrogen (secondary N) is 1. The van der Waals surface area contributed by atoms with Crippen molar-refractivity contribution in [2.45, 2.75) is 45.7 Å². The van der Waals surface area contributed by atoms with Gasteiger partial charge in [0.2, 0.25) is 5.91 Å². The quantitative estimate of drug-likeness (QED) is 0.822. The lowest BCUT2D eigenvalue weighted by atomic mass is 10.00. The maximum absolute atomic E-state index is 11.8. The summed E-state index contributed by atoms with van der Waals surface area (Å²) < 4.78 is 0. The zero-order valence-corrected chi connectivity index (χ0v) is 11.8. The molecule has 0 aliphatic carbocycles. The molecule has 0 radical (unpaired) electrons. The molecule has 0 saturated heterocycles. The zero-order valence-electron chi connectivity index (χ0n) is 11.8. The minimum atomic E-state index is -0.274. The van der Waals surface area contributed by atoms with Gasteiger partial charge in [-0.25, -0.2) is 0 Å². The van der Waals surface area contributed by atoms with Crippen LogP contribution in [0.5, 0.6) is 0 Å². The number of ketones is 1. The molecule has 0 aliphatic rings. The van der Waals surface area contributed by atoms with Crippen LogP contribution in [0.4, 0.5) is 0 Å². The smallest absolute Gasteiger partial charge is 0.222 e. The molecule has 19 heavy (non-hydrogen) atoms. The van der Waals surface area contributed by atoms with Crippen LogP contribution in [-0.2, 0) is 9.59 Å². The molecule has 4 nitrogen and oxygen atoms in total. The molecule has 0 aromatic heterocycles. The van der Waals surface area contributed by atoms with Gasteiger partial charge in [0.25, 0.3) is 0 Å². The van der Waals surface area contributed by atoms with Crippen molar-refractivity contribution in [2.75, 3.05) is 0 Å². The summed E-state index contributed by atoms with van der Waals surface area (Å²) in [4.78, 5) is 23.1. The summed E-state index contributed by atoms with van der Waals surface area (Å²) in [5.41, 5.74) is 7.69. The summed E-state index contributed by atoms with van der Waals surface area (Å²) in [5, 5.41) is 2.88. The Hall–Kier alpha value is -1.68. The Kier molecular flexibility index (Phi) is 5.70. The second-order valence-electron chi connectivity index (χ2n) is 5.12. The van der Waals surface area contributed by atoms with Crippen molar-refractivity contribution in [3.8, 4) is 0 Å². The first kappa shape index (κ1) is 15.4. The van der Waals surface area contributed by atoms with Crippen LogP contribution in [0.3, 0.4) is 0 Å². The Morgan fingerprint density at radius 3 is 2.26 bits per heavy atom. The van der Waals surface area contributed by atoms with Crippen LogP contribution in [0, 0.1) is 6.92 Å². The van der Waals surface area contributed by atoms with Gasteiger partial charge in [-0.05, 0) is 26.3 Å². The summed E-state index contributed by atoms with van der Waals surface area (Å²) in [6.45, 7) is 5.31. The fourth-order valence-electron chi connectivity index (χ4n) is 1.88. The topological polar surface area (TPSA) is 72.2 Å². The largest absolute Gasteiger partial charge is 0.349 e. The van der Waals surface area contributed by atoms with Crippen molar-refractivity contribution in [3.63, 3.8) is 0 Å². The van der Waals surface area contributed by atoms with Gasteiger partial charge in [-0.15, -0.1) is 0 Å². The number of benzene rings is 1. The third kappa shape index (κ3) is 5.66. The van der Waals surface area contributed by atoms with Crippen molar-refractivity contribution < 1.29 is 9.59 Å². The maximum Gasteiger partial charge on any atom is 0.222 e. The summed E-state index contributed by atoms with van der Waals surface area (Å²) in [7, 11) is 0. The first-order chi connectivity index (χ1) is 8.88. The molecule has 4 heteroatoms. The lowest BCUT2D eigenvalue weighted by Gasteiger charge is -2.19. The minimum Gasteiger partial charge on any atom is -0.349 e. The highest BCUT2D eigenvalue weighted by molar-refractivity contribution is 5.80. The second kappa shape index (κ2) is 7.04. The first-order valence-electron chi connectivity index (χ1n) is 6.49. The number of amides is 1. The Morgan fingerprint density at radius 1 is 1.21 bits per heavy atom. The fourth-order valence-corrected chi connectivity index (χ4v) is 1.88. The van der Waals surface area contributed by atoms with E-state index in [0.717, 1.165) is 11.1 Å². The lowest BCUT2D eigenvalue weighted by molar-refractivity contribution is -0.122. The van der Waals surface area contributed by atoms with Gasteiger partial charge in [-0.2, -0.15) is 0 Å². The van der Waals surface area contributed by atoms with E-state index in [1.165, 1.54) is 6.92 Å². The monoisotopic (exact) mass is 262 g/mol. The molecule has 0 fully saturated rings. The summed E-state index contributed by atoms with van der Waals surface area (Å²) in [5.74, 6) is -0.0755. The van der Waals surface area contributed by atoms with E-state index in [4.69, 9.17) is 5.73 Å². The molecule has 1 aromatic rings. The lowest BCUT2D eigenvalue weighted by Crippen LogP contribution is -2.33. The molecule has 0 aliphatic heterocycles. The third-order valence-corrected chi connectivity index (χ3v) is 2.81. The number of rotatable bonds is 6. The summed E-state index contributed by atoms with van der Waals surface area (Å²) in [6.07, 6.45) is 0.564. The summed E-state index contributed by atoms with van der Waals surface area (Å²) in [6, 6.07) is 7.37. The molecular weight excluding hydrogens is 240 g/mol. The Balaban J connectivity index is 2.79. The number of carbonyl (C=O) groups excluding carboxylic acids is 2. The van der Waals surface area contributed by atoms with E-state index in [2.05, 4.69) is 5.32 Å². The Morgan fingerprint density at radius 2 is 1.79 bits per heavy atom. The normalized spacial score (nSPS) is 13.7. The number of aryl methyl sites for hydroxylation is 1. The number of Topliss-reactive ketones (excluding diaryl/α,β-unsaturated/α-hetero) is 1. The van der Waals surface area contributed by atoms with E-state index in [1.54, 1.807) is 6.92 Å². The fraction of sp³-hybridized carbons (Fsp3) is 0.467. The zero-order chi connectivity index (χ0) is 14.4. The molecule has 0 spiro atoms. The molecule has 2 atom stereocenters. The van der Waals surface area contributed by atoms with Gasteiger partial charge in [0.1, 0.15) is 5.78 Å². The van der Waals surface area contributed by atoms with E-state index in [0.29, 0.717) is 6.42 Å². The van der Waals surface area contributed by atoms with Gasteiger partial charge >= 0.3 is 0 Å². The number of carbonyl (C=O) groups is 2. The highest BCUT2D eigenvalue weighted by Gasteiger charge is 2.17. The van der Waals surface area contributed by atoms with Gasteiger partial charge in [0.05, 0.1) is 6.04 Å². The van der Waals surface area contributed by atoms with Crippen molar-refractivity contribution in [3.05, 3.63) is 35.4 Å². The van der Waals surface area contributed by atoms with Crippen molar-refractivity contribution >= 4 is 11.7 Å².